The maximum Gasteiger partial charge on any atom is 0.404 e. The van der Waals surface area contributed by atoms with Gasteiger partial charge in [0.05, 0.1) is 19.4 Å². The Hall–Kier alpha value is -2.76. The Morgan fingerprint density at radius 3 is 2.73 bits per heavy atom. The molecule has 0 spiro atoms. The number of unbranched alkanes of at least 4 members (excludes halogenated alkanes) is 1. The lowest BCUT2D eigenvalue weighted by Crippen LogP contribution is -2.17. The summed E-state index contributed by atoms with van der Waals surface area (Å²) < 4.78 is 10.2. The zero-order chi connectivity index (χ0) is 21.5. The van der Waals surface area contributed by atoms with Gasteiger partial charge < -0.3 is 20.2 Å². The summed E-state index contributed by atoms with van der Waals surface area (Å²) in [4.78, 5) is 26.6. The lowest BCUT2D eigenvalue weighted by molar-refractivity contribution is 0.0974. The van der Waals surface area contributed by atoms with Gasteiger partial charge in [-0.1, -0.05) is 12.1 Å². The molecule has 1 heterocycles. The molecule has 3 N–H and O–H groups in total. The van der Waals surface area contributed by atoms with E-state index in [1.807, 2.05) is 25.1 Å². The third-order valence-electron chi connectivity index (χ3n) is 6.03. The van der Waals surface area contributed by atoms with Gasteiger partial charge in [-0.05, 0) is 86.6 Å². The highest BCUT2D eigenvalue weighted by Crippen LogP contribution is 2.38. The third-order valence-corrected chi connectivity index (χ3v) is 6.03. The van der Waals surface area contributed by atoms with Gasteiger partial charge in [-0.25, -0.2) is 4.79 Å². The van der Waals surface area contributed by atoms with Crippen molar-refractivity contribution in [2.45, 2.75) is 57.8 Å². The number of primary amides is 1. The number of aromatic nitrogens is 1. The summed E-state index contributed by atoms with van der Waals surface area (Å²) in [6.07, 6.45) is 5.63. The standard InChI is InChI=1S/C24H32N2O4/c1-16-13-17(8-12-23(16)29-2)5-3-4-6-22(27)21-11-10-20(26-21)19-9-7-18(14-19)15-30-24(25)28/h8,10-13,18-19,26H,3-7,9,14-15H2,1-2H3,(H2,25,28)/t18?,19-/m0/s1. The molecule has 6 nitrogen and oxygen atoms in total. The molecule has 1 fully saturated rings. The first-order valence-electron chi connectivity index (χ1n) is 10.7. The molecule has 1 aliphatic rings. The first-order valence-corrected chi connectivity index (χ1v) is 10.7. The van der Waals surface area contributed by atoms with Crippen molar-refractivity contribution >= 4 is 11.9 Å². The van der Waals surface area contributed by atoms with Crippen LogP contribution in [0.4, 0.5) is 4.79 Å². The van der Waals surface area contributed by atoms with Gasteiger partial charge in [0.1, 0.15) is 5.75 Å². The predicted molar refractivity (Wildman–Crippen MR) is 116 cm³/mol. The van der Waals surface area contributed by atoms with E-state index in [0.29, 0.717) is 30.6 Å². The number of amides is 1. The number of nitrogens with one attached hydrogen (secondary N) is 1. The van der Waals surface area contributed by atoms with Crippen LogP contribution in [0.5, 0.6) is 5.75 Å². The lowest BCUT2D eigenvalue weighted by atomic mass is 10.0. The van der Waals surface area contributed by atoms with E-state index in [9.17, 15) is 9.59 Å². The van der Waals surface area contributed by atoms with Crippen molar-refractivity contribution in [1.29, 1.82) is 0 Å². The molecule has 1 unspecified atom stereocenters. The molecule has 30 heavy (non-hydrogen) atoms. The Morgan fingerprint density at radius 2 is 2.00 bits per heavy atom. The van der Waals surface area contributed by atoms with E-state index in [4.69, 9.17) is 15.2 Å². The number of hydrogen-bond acceptors (Lipinski definition) is 4. The number of H-pyrrole nitrogens is 1. The molecule has 1 saturated carbocycles. The van der Waals surface area contributed by atoms with E-state index in [1.54, 1.807) is 7.11 Å². The fourth-order valence-corrected chi connectivity index (χ4v) is 4.37. The zero-order valence-corrected chi connectivity index (χ0v) is 17.9. The number of ether oxygens (including phenoxy) is 2. The van der Waals surface area contributed by atoms with Gasteiger partial charge in [0.15, 0.2) is 5.78 Å². The van der Waals surface area contributed by atoms with Crippen LogP contribution in [0.25, 0.3) is 0 Å². The van der Waals surface area contributed by atoms with Gasteiger partial charge in [0.2, 0.25) is 0 Å². The smallest absolute Gasteiger partial charge is 0.404 e. The molecule has 3 rings (SSSR count). The number of aryl methyl sites for hydroxylation is 2. The maximum atomic E-state index is 12.5. The summed E-state index contributed by atoms with van der Waals surface area (Å²) in [6.45, 7) is 2.43. The molecule has 162 valence electrons. The molecule has 0 radical (unpaired) electrons. The minimum Gasteiger partial charge on any atom is -0.496 e. The van der Waals surface area contributed by atoms with Crippen molar-refractivity contribution in [3.05, 3.63) is 52.8 Å². The van der Waals surface area contributed by atoms with Crippen molar-refractivity contribution < 1.29 is 19.1 Å². The molecule has 1 amide bonds. The SMILES string of the molecule is COc1ccc(CCCCC(=O)c2ccc([C@H]3CCC(COC(N)=O)C3)[nH]2)cc1C. The van der Waals surface area contributed by atoms with Gasteiger partial charge in [0.25, 0.3) is 0 Å². The number of methoxy groups -OCH3 is 1. The van der Waals surface area contributed by atoms with Gasteiger partial charge in [0, 0.05) is 12.1 Å². The van der Waals surface area contributed by atoms with Crippen LogP contribution in [-0.4, -0.2) is 30.6 Å². The van der Waals surface area contributed by atoms with Gasteiger partial charge in [-0.15, -0.1) is 0 Å². The number of benzene rings is 1. The van der Waals surface area contributed by atoms with Crippen LogP contribution in [-0.2, 0) is 11.2 Å². The van der Waals surface area contributed by atoms with Crippen LogP contribution in [0.15, 0.2) is 30.3 Å². The first-order chi connectivity index (χ1) is 14.5. The Kier molecular flexibility index (Phi) is 7.55. The molecular formula is C24H32N2O4. The molecule has 2 aromatic rings. The fraction of sp³-hybridized carbons (Fsp3) is 0.500. The normalized spacial score (nSPS) is 18.3. The minimum atomic E-state index is -0.715. The monoisotopic (exact) mass is 412 g/mol. The Morgan fingerprint density at radius 1 is 1.17 bits per heavy atom. The Balaban J connectivity index is 1.42. The van der Waals surface area contributed by atoms with Crippen LogP contribution < -0.4 is 10.5 Å². The summed E-state index contributed by atoms with van der Waals surface area (Å²) in [6, 6.07) is 10.2. The van der Waals surface area contributed by atoms with Crippen LogP contribution in [0.2, 0.25) is 0 Å². The molecule has 1 aromatic heterocycles. The van der Waals surface area contributed by atoms with Crippen LogP contribution in [0, 0.1) is 12.8 Å². The highest BCUT2D eigenvalue weighted by Gasteiger charge is 2.28. The maximum absolute atomic E-state index is 12.5. The van der Waals surface area contributed by atoms with Crippen molar-refractivity contribution in [2.75, 3.05) is 13.7 Å². The van der Waals surface area contributed by atoms with Crippen molar-refractivity contribution in [1.82, 2.24) is 4.98 Å². The Labute approximate surface area is 178 Å². The summed E-state index contributed by atoms with van der Waals surface area (Å²) >= 11 is 0. The number of rotatable bonds is 10. The number of aromatic amines is 1. The molecule has 1 aliphatic carbocycles. The number of hydrogen-bond donors (Lipinski definition) is 2. The largest absolute Gasteiger partial charge is 0.496 e. The molecule has 2 atom stereocenters. The number of ketones is 1. The molecule has 0 bridgehead atoms. The molecule has 0 aliphatic heterocycles. The fourth-order valence-electron chi connectivity index (χ4n) is 4.37. The van der Waals surface area contributed by atoms with E-state index in [2.05, 4.69) is 17.1 Å². The van der Waals surface area contributed by atoms with E-state index >= 15 is 0 Å². The summed E-state index contributed by atoms with van der Waals surface area (Å²) in [5, 5.41) is 0. The number of carbonyl (C=O) groups excluding carboxylic acids is 2. The molecule has 6 heteroatoms. The van der Waals surface area contributed by atoms with Crippen LogP contribution in [0.1, 0.15) is 71.8 Å². The van der Waals surface area contributed by atoms with E-state index in [-0.39, 0.29) is 5.78 Å². The topological polar surface area (TPSA) is 94.4 Å². The minimum absolute atomic E-state index is 0.166. The van der Waals surface area contributed by atoms with Crippen molar-refractivity contribution in [3.63, 3.8) is 0 Å². The number of carbonyl (C=O) groups is 2. The van der Waals surface area contributed by atoms with Crippen LogP contribution >= 0.6 is 0 Å². The second kappa shape index (κ2) is 10.3. The predicted octanol–water partition coefficient (Wildman–Crippen LogP) is 4.91. The number of nitrogens with two attached hydrogens (primary N) is 1. The third kappa shape index (κ3) is 5.88. The van der Waals surface area contributed by atoms with E-state index in [0.717, 1.165) is 55.5 Å². The van der Waals surface area contributed by atoms with Crippen LogP contribution in [0.3, 0.4) is 0 Å². The summed E-state index contributed by atoms with van der Waals surface area (Å²) in [5.41, 5.74) is 9.26. The molecular weight excluding hydrogens is 380 g/mol. The summed E-state index contributed by atoms with van der Waals surface area (Å²) in [7, 11) is 1.68. The van der Waals surface area contributed by atoms with Gasteiger partial charge in [-0.2, -0.15) is 0 Å². The van der Waals surface area contributed by atoms with Gasteiger partial charge >= 0.3 is 6.09 Å². The average Bonchev–Trinajstić information content (AvgIpc) is 3.39. The highest BCUT2D eigenvalue weighted by molar-refractivity contribution is 5.94. The van der Waals surface area contributed by atoms with Crippen molar-refractivity contribution in [2.24, 2.45) is 11.7 Å². The second-order valence-electron chi connectivity index (χ2n) is 8.27. The van der Waals surface area contributed by atoms with E-state index < -0.39 is 6.09 Å². The average molecular weight is 413 g/mol. The summed E-state index contributed by atoms with van der Waals surface area (Å²) in [5.74, 6) is 1.79. The zero-order valence-electron chi connectivity index (χ0n) is 17.9. The second-order valence-corrected chi connectivity index (χ2v) is 8.27. The van der Waals surface area contributed by atoms with E-state index in [1.165, 1.54) is 5.56 Å². The molecule has 0 saturated heterocycles. The lowest BCUT2D eigenvalue weighted by Gasteiger charge is -2.10. The highest BCUT2D eigenvalue weighted by atomic mass is 16.5. The number of Topliss-reactive ketones (excluding diaryl/α,β-unsaturated/α-hetero) is 1. The Bertz CT molecular complexity index is 874. The van der Waals surface area contributed by atoms with Gasteiger partial charge in [-0.3, -0.25) is 4.79 Å². The quantitative estimate of drug-likeness (QED) is 0.428. The van der Waals surface area contributed by atoms with Crippen molar-refractivity contribution in [3.8, 4) is 5.75 Å². The first kappa shape index (κ1) is 21.9. The molecule has 1 aromatic carbocycles.